The molecular weight excluding hydrogens is 410 g/mol. The first-order valence-electron chi connectivity index (χ1n) is 14.1. The first kappa shape index (κ1) is 25.5. The predicted molar refractivity (Wildman–Crippen MR) is 133 cm³/mol. The number of ether oxygens (including phenoxy) is 1. The van der Waals surface area contributed by atoms with Crippen LogP contribution in [0.25, 0.3) is 0 Å². The van der Waals surface area contributed by atoms with Gasteiger partial charge in [-0.05, 0) is 97.2 Å². The van der Waals surface area contributed by atoms with E-state index in [1.165, 1.54) is 58.3 Å². The van der Waals surface area contributed by atoms with Crippen molar-refractivity contribution in [1.82, 2.24) is 0 Å². The third kappa shape index (κ3) is 4.30. The first-order valence-corrected chi connectivity index (χ1v) is 14.1. The number of aliphatic hydroxyl groups is 1. The molecule has 4 saturated carbocycles. The molecule has 4 fully saturated rings. The minimum atomic E-state index is -0.750. The summed E-state index contributed by atoms with van der Waals surface area (Å²) < 4.78 is 5.51. The highest BCUT2D eigenvalue weighted by Gasteiger charge is 2.64. The van der Waals surface area contributed by atoms with Gasteiger partial charge in [-0.15, -0.1) is 0 Å². The number of carbonyl (C=O) groups excluding carboxylic acids is 1. The third-order valence-corrected chi connectivity index (χ3v) is 11.5. The molecule has 0 spiro atoms. The van der Waals surface area contributed by atoms with Crippen molar-refractivity contribution in [3.8, 4) is 0 Å². The van der Waals surface area contributed by atoms with Crippen molar-refractivity contribution in [2.75, 3.05) is 0 Å². The van der Waals surface area contributed by atoms with Gasteiger partial charge in [-0.1, -0.05) is 53.9 Å². The van der Waals surface area contributed by atoms with Gasteiger partial charge in [-0.3, -0.25) is 4.79 Å². The maximum atomic E-state index is 11.6. The molecule has 0 aromatic carbocycles. The van der Waals surface area contributed by atoms with Crippen molar-refractivity contribution >= 4 is 5.97 Å². The van der Waals surface area contributed by atoms with E-state index in [4.69, 9.17) is 10.5 Å². The van der Waals surface area contributed by atoms with Gasteiger partial charge < -0.3 is 15.6 Å². The Morgan fingerprint density at radius 3 is 2.45 bits per heavy atom. The molecule has 0 saturated heterocycles. The minimum Gasteiger partial charge on any atom is -0.460 e. The number of carbonyl (C=O) groups is 1. The Bertz CT molecular complexity index is 705. The SMILES string of the molecule is CC(=O)O[C@@H]1CC2CC[C@H]3[C@@H]4CC[C@H](C(C)CCCC(C)C)[C@@]4(C)CC[C@@H]3[C@@]2(C)[C@@H](N)[C@@H]1O. The largest absolute Gasteiger partial charge is 0.460 e. The molecule has 33 heavy (non-hydrogen) atoms. The molecule has 11 atom stereocenters. The standard InChI is InChI=1S/C29H51NO3/c1-17(2)8-7-9-18(3)22-12-13-23-21-11-10-20-16-25(33-19(4)31)26(32)27(30)29(20,6)24(21)14-15-28(22,23)5/h17-18,20-27,32H,7-16,30H2,1-6H3/t18?,20?,21-,22+,23-,24-,25+,26+,27-,28+,29-/m0/s1. The van der Waals surface area contributed by atoms with E-state index >= 15 is 0 Å². The molecule has 4 rings (SSSR count). The minimum absolute atomic E-state index is 0.0543. The summed E-state index contributed by atoms with van der Waals surface area (Å²) in [4.78, 5) is 11.6. The number of esters is 1. The first-order chi connectivity index (χ1) is 15.5. The van der Waals surface area contributed by atoms with Gasteiger partial charge in [-0.25, -0.2) is 0 Å². The molecule has 0 radical (unpaired) electrons. The quantitative estimate of drug-likeness (QED) is 0.480. The lowest BCUT2D eigenvalue weighted by Gasteiger charge is -2.63. The van der Waals surface area contributed by atoms with E-state index in [-0.39, 0.29) is 17.4 Å². The van der Waals surface area contributed by atoms with Gasteiger partial charge in [0.15, 0.2) is 0 Å². The van der Waals surface area contributed by atoms with Crippen LogP contribution in [-0.4, -0.2) is 29.3 Å². The Balaban J connectivity index is 1.50. The number of rotatable bonds is 6. The van der Waals surface area contributed by atoms with Crippen LogP contribution in [0.2, 0.25) is 0 Å². The number of fused-ring (bicyclic) bond motifs is 5. The van der Waals surface area contributed by atoms with Gasteiger partial charge in [0, 0.05) is 13.0 Å². The lowest BCUT2D eigenvalue weighted by molar-refractivity contribution is -0.189. The summed E-state index contributed by atoms with van der Waals surface area (Å²) >= 11 is 0. The van der Waals surface area contributed by atoms with Crippen LogP contribution >= 0.6 is 0 Å². The van der Waals surface area contributed by atoms with E-state index in [9.17, 15) is 9.90 Å². The van der Waals surface area contributed by atoms with Crippen LogP contribution in [0.1, 0.15) is 106 Å². The Kier molecular flexibility index (Phi) is 7.30. The molecule has 0 bridgehead atoms. The fourth-order valence-electron chi connectivity index (χ4n) is 9.74. The van der Waals surface area contributed by atoms with E-state index in [2.05, 4.69) is 34.6 Å². The molecule has 0 heterocycles. The Labute approximate surface area is 202 Å². The van der Waals surface area contributed by atoms with Crippen molar-refractivity contribution in [1.29, 1.82) is 0 Å². The maximum Gasteiger partial charge on any atom is 0.302 e. The van der Waals surface area contributed by atoms with E-state index in [1.807, 2.05) is 0 Å². The number of aliphatic hydroxyl groups excluding tert-OH is 1. The summed E-state index contributed by atoms with van der Waals surface area (Å²) in [7, 11) is 0. The summed E-state index contributed by atoms with van der Waals surface area (Å²) in [6, 6.07) is -0.315. The van der Waals surface area contributed by atoms with Crippen LogP contribution in [-0.2, 0) is 9.53 Å². The fourth-order valence-corrected chi connectivity index (χ4v) is 9.74. The Hall–Kier alpha value is -0.610. The van der Waals surface area contributed by atoms with Crippen molar-refractivity contribution in [3.63, 3.8) is 0 Å². The second-order valence-corrected chi connectivity index (χ2v) is 13.4. The summed E-state index contributed by atoms with van der Waals surface area (Å²) in [6.07, 6.45) is 11.5. The molecule has 0 aromatic rings. The van der Waals surface area contributed by atoms with Gasteiger partial charge in [-0.2, -0.15) is 0 Å². The van der Waals surface area contributed by atoms with E-state index in [0.29, 0.717) is 17.3 Å². The zero-order valence-corrected chi connectivity index (χ0v) is 22.2. The molecule has 2 unspecified atom stereocenters. The smallest absolute Gasteiger partial charge is 0.302 e. The average Bonchev–Trinajstić information content (AvgIpc) is 3.09. The van der Waals surface area contributed by atoms with Crippen LogP contribution in [0.3, 0.4) is 0 Å². The molecule has 0 amide bonds. The van der Waals surface area contributed by atoms with Crippen LogP contribution in [0.4, 0.5) is 0 Å². The van der Waals surface area contributed by atoms with Crippen molar-refractivity contribution < 1.29 is 14.6 Å². The van der Waals surface area contributed by atoms with Crippen LogP contribution in [0.5, 0.6) is 0 Å². The molecule has 4 aliphatic carbocycles. The molecular formula is C29H51NO3. The fraction of sp³-hybridized carbons (Fsp3) is 0.966. The van der Waals surface area contributed by atoms with Gasteiger partial charge >= 0.3 is 5.97 Å². The predicted octanol–water partition coefficient (Wildman–Crippen LogP) is 5.95. The lowest BCUT2D eigenvalue weighted by Crippen LogP contribution is -2.67. The summed E-state index contributed by atoms with van der Waals surface area (Å²) in [5.74, 6) is 4.77. The van der Waals surface area contributed by atoms with E-state index < -0.39 is 12.2 Å². The third-order valence-electron chi connectivity index (χ3n) is 11.5. The molecule has 0 aromatic heterocycles. The maximum absolute atomic E-state index is 11.6. The van der Waals surface area contributed by atoms with Crippen LogP contribution in [0, 0.1) is 52.3 Å². The van der Waals surface area contributed by atoms with Crippen LogP contribution < -0.4 is 5.73 Å². The van der Waals surface area contributed by atoms with E-state index in [1.54, 1.807) is 0 Å². The normalized spacial score (nSPS) is 48.0. The monoisotopic (exact) mass is 461 g/mol. The number of nitrogens with two attached hydrogens (primary N) is 1. The highest BCUT2D eigenvalue weighted by atomic mass is 16.6. The molecule has 4 nitrogen and oxygen atoms in total. The molecule has 3 N–H and O–H groups in total. The number of hydrogen-bond donors (Lipinski definition) is 2. The van der Waals surface area contributed by atoms with Crippen molar-refractivity contribution in [2.45, 2.75) is 124 Å². The summed E-state index contributed by atoms with van der Waals surface area (Å²) in [5, 5.41) is 11.1. The summed E-state index contributed by atoms with van der Waals surface area (Å²) in [5.41, 5.74) is 7.24. The van der Waals surface area contributed by atoms with Crippen molar-refractivity contribution in [2.24, 2.45) is 58.0 Å². The second kappa shape index (κ2) is 9.45. The van der Waals surface area contributed by atoms with Gasteiger partial charge in [0.05, 0.1) is 0 Å². The highest BCUT2D eigenvalue weighted by Crippen LogP contribution is 2.68. The zero-order valence-electron chi connectivity index (χ0n) is 22.2. The average molecular weight is 462 g/mol. The van der Waals surface area contributed by atoms with Crippen LogP contribution in [0.15, 0.2) is 0 Å². The Morgan fingerprint density at radius 1 is 1.06 bits per heavy atom. The zero-order chi connectivity index (χ0) is 24.1. The molecule has 4 heteroatoms. The lowest BCUT2D eigenvalue weighted by atomic mass is 9.43. The van der Waals surface area contributed by atoms with Gasteiger partial charge in [0.2, 0.25) is 0 Å². The topological polar surface area (TPSA) is 72.5 Å². The highest BCUT2D eigenvalue weighted by molar-refractivity contribution is 5.66. The molecule has 0 aliphatic heterocycles. The second-order valence-electron chi connectivity index (χ2n) is 13.4. The number of hydrogen-bond acceptors (Lipinski definition) is 4. The summed E-state index contributed by atoms with van der Waals surface area (Å²) in [6.45, 7) is 13.7. The van der Waals surface area contributed by atoms with E-state index in [0.717, 1.165) is 42.4 Å². The van der Waals surface area contributed by atoms with Gasteiger partial charge in [0.25, 0.3) is 0 Å². The molecule has 4 aliphatic rings. The Morgan fingerprint density at radius 2 is 1.79 bits per heavy atom. The molecule has 190 valence electrons. The van der Waals surface area contributed by atoms with Gasteiger partial charge in [0.1, 0.15) is 12.2 Å². The van der Waals surface area contributed by atoms with Crippen molar-refractivity contribution in [3.05, 3.63) is 0 Å².